The van der Waals surface area contributed by atoms with Crippen LogP contribution in [0.15, 0.2) is 0 Å². The largest absolute Gasteiger partial charge is 0.374 e. The molecule has 92 valence electrons. The molecule has 0 aromatic carbocycles. The number of hydrogen-bond donors (Lipinski definition) is 0. The molecule has 1 spiro atoms. The third-order valence-corrected chi connectivity index (χ3v) is 5.11. The Kier molecular flexibility index (Phi) is 4.31. The fourth-order valence-electron chi connectivity index (χ4n) is 2.78. The number of Topliss-reactive ketones (excluding diaryl/α,β-unsaturated/α-hetero) is 1. The molecule has 0 aliphatic carbocycles. The Morgan fingerprint density at radius 3 is 3.12 bits per heavy atom. The second-order valence-corrected chi connectivity index (χ2v) is 6.23. The molecule has 0 saturated carbocycles. The SMILES string of the molecule is CCC(=O)CCC1CCOC2(CCSC2)C1. The molecular formula is C13H22O2S. The maximum atomic E-state index is 11.3. The highest BCUT2D eigenvalue weighted by Gasteiger charge is 2.40. The summed E-state index contributed by atoms with van der Waals surface area (Å²) in [4.78, 5) is 11.3. The average Bonchev–Trinajstić information content (AvgIpc) is 2.74. The van der Waals surface area contributed by atoms with Crippen molar-refractivity contribution in [3.63, 3.8) is 0 Å². The van der Waals surface area contributed by atoms with Crippen molar-refractivity contribution in [3.05, 3.63) is 0 Å². The first-order valence-corrected chi connectivity index (χ1v) is 7.63. The topological polar surface area (TPSA) is 26.3 Å². The standard InChI is InChI=1S/C13H22O2S/c1-2-12(14)4-3-11-5-7-15-13(9-11)6-8-16-10-13/h11H,2-10H2,1H3. The molecule has 2 unspecified atom stereocenters. The number of hydrogen-bond acceptors (Lipinski definition) is 3. The number of thioether (sulfide) groups is 1. The lowest BCUT2D eigenvalue weighted by atomic mass is 9.82. The number of rotatable bonds is 4. The first kappa shape index (κ1) is 12.4. The molecule has 0 aromatic rings. The highest BCUT2D eigenvalue weighted by atomic mass is 32.2. The molecule has 16 heavy (non-hydrogen) atoms. The molecule has 0 radical (unpaired) electrons. The van der Waals surface area contributed by atoms with Crippen LogP contribution in [0, 0.1) is 5.92 Å². The summed E-state index contributed by atoms with van der Waals surface area (Å²) in [6.07, 6.45) is 6.13. The van der Waals surface area contributed by atoms with Crippen LogP contribution in [0.5, 0.6) is 0 Å². The minimum Gasteiger partial charge on any atom is -0.374 e. The first-order chi connectivity index (χ1) is 7.74. The molecular weight excluding hydrogens is 220 g/mol. The van der Waals surface area contributed by atoms with Crippen LogP contribution in [-0.4, -0.2) is 29.5 Å². The van der Waals surface area contributed by atoms with Crippen LogP contribution in [0.1, 0.15) is 45.4 Å². The molecule has 3 heteroatoms. The van der Waals surface area contributed by atoms with Gasteiger partial charge in [-0.25, -0.2) is 0 Å². The zero-order chi connectivity index (χ0) is 11.4. The summed E-state index contributed by atoms with van der Waals surface area (Å²) >= 11 is 2.02. The lowest BCUT2D eigenvalue weighted by molar-refractivity contribution is -0.120. The van der Waals surface area contributed by atoms with Crippen molar-refractivity contribution in [2.24, 2.45) is 5.92 Å². The molecule has 2 aliphatic rings. The maximum Gasteiger partial charge on any atom is 0.132 e. The first-order valence-electron chi connectivity index (χ1n) is 6.47. The van der Waals surface area contributed by atoms with E-state index in [9.17, 15) is 4.79 Å². The summed E-state index contributed by atoms with van der Waals surface area (Å²) in [5, 5.41) is 0. The Hall–Kier alpha value is -0.0200. The predicted octanol–water partition coefficient (Wildman–Crippen LogP) is 3.05. The molecule has 2 nitrogen and oxygen atoms in total. The summed E-state index contributed by atoms with van der Waals surface area (Å²) in [7, 11) is 0. The number of ether oxygens (including phenoxy) is 1. The minimum atomic E-state index is 0.183. The van der Waals surface area contributed by atoms with Gasteiger partial charge in [0.1, 0.15) is 5.78 Å². The van der Waals surface area contributed by atoms with E-state index in [-0.39, 0.29) is 5.60 Å². The van der Waals surface area contributed by atoms with Gasteiger partial charge in [0.15, 0.2) is 0 Å². The van der Waals surface area contributed by atoms with E-state index in [0.29, 0.717) is 12.2 Å². The quantitative estimate of drug-likeness (QED) is 0.758. The molecule has 0 amide bonds. The summed E-state index contributed by atoms with van der Waals surface area (Å²) in [5.74, 6) is 3.57. The van der Waals surface area contributed by atoms with Gasteiger partial charge in [-0.2, -0.15) is 11.8 Å². The summed E-state index contributed by atoms with van der Waals surface area (Å²) in [6.45, 7) is 2.87. The van der Waals surface area contributed by atoms with Crippen LogP contribution >= 0.6 is 11.8 Å². The molecule has 2 fully saturated rings. The maximum absolute atomic E-state index is 11.3. The van der Waals surface area contributed by atoms with E-state index in [4.69, 9.17) is 4.74 Å². The second-order valence-electron chi connectivity index (χ2n) is 5.12. The van der Waals surface area contributed by atoms with Crippen LogP contribution in [0.4, 0.5) is 0 Å². The molecule has 2 saturated heterocycles. The van der Waals surface area contributed by atoms with E-state index in [1.165, 1.54) is 24.3 Å². The Morgan fingerprint density at radius 1 is 1.56 bits per heavy atom. The van der Waals surface area contributed by atoms with Crippen molar-refractivity contribution in [2.45, 2.75) is 51.0 Å². The van der Waals surface area contributed by atoms with Gasteiger partial charge in [0, 0.05) is 25.2 Å². The summed E-state index contributed by atoms with van der Waals surface area (Å²) in [5.41, 5.74) is 0.183. The van der Waals surface area contributed by atoms with Crippen molar-refractivity contribution in [1.29, 1.82) is 0 Å². The zero-order valence-corrected chi connectivity index (χ0v) is 11.0. The smallest absolute Gasteiger partial charge is 0.132 e. The molecule has 0 N–H and O–H groups in total. The average molecular weight is 242 g/mol. The van der Waals surface area contributed by atoms with Gasteiger partial charge in [0.05, 0.1) is 5.60 Å². The predicted molar refractivity (Wildman–Crippen MR) is 67.9 cm³/mol. The fourth-order valence-corrected chi connectivity index (χ4v) is 4.16. The van der Waals surface area contributed by atoms with Gasteiger partial charge < -0.3 is 4.74 Å². The van der Waals surface area contributed by atoms with Gasteiger partial charge in [-0.3, -0.25) is 4.79 Å². The highest BCUT2D eigenvalue weighted by molar-refractivity contribution is 7.99. The number of carbonyl (C=O) groups is 1. The van der Waals surface area contributed by atoms with Gasteiger partial charge in [0.25, 0.3) is 0 Å². The van der Waals surface area contributed by atoms with Crippen molar-refractivity contribution >= 4 is 17.5 Å². The Morgan fingerprint density at radius 2 is 2.44 bits per heavy atom. The van der Waals surface area contributed by atoms with E-state index < -0.39 is 0 Å². The van der Waals surface area contributed by atoms with E-state index in [0.717, 1.165) is 31.8 Å². The van der Waals surface area contributed by atoms with Crippen LogP contribution in [0.2, 0.25) is 0 Å². The van der Waals surface area contributed by atoms with Crippen LogP contribution in [0.25, 0.3) is 0 Å². The van der Waals surface area contributed by atoms with E-state index >= 15 is 0 Å². The third-order valence-electron chi connectivity index (χ3n) is 3.89. The monoisotopic (exact) mass is 242 g/mol. The summed E-state index contributed by atoms with van der Waals surface area (Å²) < 4.78 is 5.98. The zero-order valence-electron chi connectivity index (χ0n) is 10.2. The molecule has 0 bridgehead atoms. The molecule has 2 aliphatic heterocycles. The Bertz CT molecular complexity index is 246. The lowest BCUT2D eigenvalue weighted by Gasteiger charge is -2.37. The summed E-state index contributed by atoms with van der Waals surface area (Å²) in [6, 6.07) is 0. The van der Waals surface area contributed by atoms with Crippen molar-refractivity contribution in [2.75, 3.05) is 18.1 Å². The molecule has 2 atom stereocenters. The van der Waals surface area contributed by atoms with Crippen LogP contribution in [-0.2, 0) is 9.53 Å². The van der Waals surface area contributed by atoms with Crippen LogP contribution in [0.3, 0.4) is 0 Å². The molecule has 2 rings (SSSR count). The van der Waals surface area contributed by atoms with Crippen molar-refractivity contribution < 1.29 is 9.53 Å². The minimum absolute atomic E-state index is 0.183. The molecule has 0 aromatic heterocycles. The highest BCUT2D eigenvalue weighted by Crippen LogP contribution is 2.41. The van der Waals surface area contributed by atoms with E-state index in [1.54, 1.807) is 0 Å². The lowest BCUT2D eigenvalue weighted by Crippen LogP contribution is -2.39. The normalized spacial score (nSPS) is 34.4. The van der Waals surface area contributed by atoms with Gasteiger partial charge >= 0.3 is 0 Å². The van der Waals surface area contributed by atoms with E-state index in [2.05, 4.69) is 0 Å². The van der Waals surface area contributed by atoms with Gasteiger partial charge in [-0.05, 0) is 37.4 Å². The van der Waals surface area contributed by atoms with Crippen LogP contribution < -0.4 is 0 Å². The van der Waals surface area contributed by atoms with Gasteiger partial charge in [0.2, 0.25) is 0 Å². The Labute approximate surface area is 103 Å². The fraction of sp³-hybridized carbons (Fsp3) is 0.923. The van der Waals surface area contributed by atoms with Gasteiger partial charge in [-0.15, -0.1) is 0 Å². The third kappa shape index (κ3) is 3.01. The molecule has 2 heterocycles. The Balaban J connectivity index is 1.80. The van der Waals surface area contributed by atoms with Crippen molar-refractivity contribution in [1.82, 2.24) is 0 Å². The number of carbonyl (C=O) groups excluding carboxylic acids is 1. The number of ketones is 1. The van der Waals surface area contributed by atoms with E-state index in [1.807, 2.05) is 18.7 Å². The van der Waals surface area contributed by atoms with Crippen molar-refractivity contribution in [3.8, 4) is 0 Å². The van der Waals surface area contributed by atoms with Gasteiger partial charge in [-0.1, -0.05) is 6.92 Å². The second kappa shape index (κ2) is 5.54.